The quantitative estimate of drug-likeness (QED) is 0.285. The third-order valence-corrected chi connectivity index (χ3v) is 8.07. The van der Waals surface area contributed by atoms with Crippen molar-refractivity contribution >= 4 is 24.1 Å². The van der Waals surface area contributed by atoms with Gasteiger partial charge in [0.1, 0.15) is 5.94 Å². The molecular formula is C19H39N2O5PS. The molecule has 1 unspecified atom stereocenters. The van der Waals surface area contributed by atoms with Crippen molar-refractivity contribution in [2.45, 2.75) is 66.6 Å². The Labute approximate surface area is 175 Å². The van der Waals surface area contributed by atoms with Gasteiger partial charge in [-0.2, -0.15) is 0 Å². The van der Waals surface area contributed by atoms with E-state index >= 15 is 0 Å². The van der Waals surface area contributed by atoms with Gasteiger partial charge >= 0.3 is 12.8 Å². The second kappa shape index (κ2) is 10.8. The fourth-order valence-corrected chi connectivity index (χ4v) is 6.33. The Morgan fingerprint density at radius 1 is 1.11 bits per heavy atom. The standard InChI is InChI=1S/C19H39N2O5PS/c1-16(2)25-27(23,26-18(3,4)5)28-15-24-17(22)19(6,7)9-10-21-13-11-20(8)12-14-21/h16H,9-15H2,1-8H3. The molecule has 7 nitrogen and oxygen atoms in total. The monoisotopic (exact) mass is 438 g/mol. The van der Waals surface area contributed by atoms with Crippen molar-refractivity contribution in [2.75, 3.05) is 45.7 Å². The number of rotatable bonds is 10. The van der Waals surface area contributed by atoms with Gasteiger partial charge in [-0.1, -0.05) is 0 Å². The number of likely N-dealkylation sites (N-methyl/N-ethyl adjacent to an activating group) is 1. The van der Waals surface area contributed by atoms with Gasteiger partial charge in [0, 0.05) is 37.6 Å². The summed E-state index contributed by atoms with van der Waals surface area (Å²) in [7, 11) is 2.13. The number of hydrogen-bond acceptors (Lipinski definition) is 8. The molecule has 1 aliphatic rings. The van der Waals surface area contributed by atoms with Crippen LogP contribution < -0.4 is 0 Å². The Hall–Kier alpha value is -0.110. The molecule has 0 aromatic heterocycles. The van der Waals surface area contributed by atoms with Crippen molar-refractivity contribution in [1.29, 1.82) is 0 Å². The molecule has 0 N–H and O–H groups in total. The molecule has 0 aromatic carbocycles. The fraction of sp³-hybridized carbons (Fsp3) is 0.947. The minimum absolute atomic E-state index is 0.0587. The Bertz CT molecular complexity index is 543. The van der Waals surface area contributed by atoms with Crippen LogP contribution in [0.1, 0.15) is 54.9 Å². The van der Waals surface area contributed by atoms with Gasteiger partial charge in [-0.25, -0.2) is 4.57 Å². The SMILES string of the molecule is CC(C)OP(=O)(OC(C)(C)C)SCOC(=O)C(C)(C)CCN1CCN(C)CC1. The van der Waals surface area contributed by atoms with Gasteiger partial charge in [0.05, 0.1) is 17.1 Å². The molecule has 1 heterocycles. The van der Waals surface area contributed by atoms with Crippen molar-refractivity contribution < 1.29 is 23.1 Å². The van der Waals surface area contributed by atoms with Crippen LogP contribution in [0.3, 0.4) is 0 Å². The molecule has 0 radical (unpaired) electrons. The molecule has 1 rings (SSSR count). The predicted molar refractivity (Wildman–Crippen MR) is 116 cm³/mol. The van der Waals surface area contributed by atoms with E-state index in [1.165, 1.54) is 0 Å². The summed E-state index contributed by atoms with van der Waals surface area (Å²) in [5.74, 6) is -0.349. The van der Waals surface area contributed by atoms with Crippen molar-refractivity contribution in [1.82, 2.24) is 9.80 Å². The molecule has 9 heteroatoms. The highest BCUT2D eigenvalue weighted by Crippen LogP contribution is 2.63. The Balaban J connectivity index is 2.49. The lowest BCUT2D eigenvalue weighted by molar-refractivity contribution is -0.152. The van der Waals surface area contributed by atoms with E-state index in [2.05, 4.69) is 16.8 Å². The van der Waals surface area contributed by atoms with E-state index in [1.54, 1.807) is 13.8 Å². The summed E-state index contributed by atoms with van der Waals surface area (Å²) in [6.07, 6.45) is 0.468. The molecule has 0 bridgehead atoms. The van der Waals surface area contributed by atoms with E-state index in [4.69, 9.17) is 13.8 Å². The molecule has 1 saturated heterocycles. The molecule has 0 saturated carbocycles. The lowest BCUT2D eigenvalue weighted by atomic mass is 9.89. The number of nitrogens with zero attached hydrogens (tertiary/aromatic N) is 2. The van der Waals surface area contributed by atoms with Gasteiger partial charge in [-0.15, -0.1) is 0 Å². The summed E-state index contributed by atoms with van der Waals surface area (Å²) in [5, 5.41) is 0. The fourth-order valence-electron chi connectivity index (χ4n) is 2.62. The highest BCUT2D eigenvalue weighted by atomic mass is 32.7. The first-order chi connectivity index (χ1) is 12.7. The normalized spacial score (nSPS) is 19.6. The van der Waals surface area contributed by atoms with Crippen LogP contribution in [0.25, 0.3) is 0 Å². The lowest BCUT2D eigenvalue weighted by Gasteiger charge is -2.34. The number of hydrogen-bond donors (Lipinski definition) is 0. The number of carbonyl (C=O) groups is 1. The first kappa shape index (κ1) is 25.9. The third-order valence-electron chi connectivity index (χ3n) is 4.33. The van der Waals surface area contributed by atoms with Crippen LogP contribution >= 0.6 is 18.2 Å². The maximum atomic E-state index is 12.9. The largest absolute Gasteiger partial charge is 0.454 e. The Morgan fingerprint density at radius 2 is 1.68 bits per heavy atom. The lowest BCUT2D eigenvalue weighted by Crippen LogP contribution is -2.45. The maximum Gasteiger partial charge on any atom is 0.393 e. The highest BCUT2D eigenvalue weighted by molar-refractivity contribution is 8.55. The zero-order valence-corrected chi connectivity index (χ0v) is 20.5. The summed E-state index contributed by atoms with van der Waals surface area (Å²) in [6.45, 7) is 14.4. The summed E-state index contributed by atoms with van der Waals surface area (Å²) in [5.41, 5.74) is -1.22. The van der Waals surface area contributed by atoms with Crippen molar-refractivity contribution in [2.24, 2.45) is 5.41 Å². The van der Waals surface area contributed by atoms with Gasteiger partial charge in [0.25, 0.3) is 0 Å². The van der Waals surface area contributed by atoms with Crippen molar-refractivity contribution in [3.8, 4) is 0 Å². The number of carbonyl (C=O) groups excluding carboxylic acids is 1. The summed E-state index contributed by atoms with van der Waals surface area (Å²) >= 11 is 0.922. The molecule has 1 atom stereocenters. The maximum absolute atomic E-state index is 12.9. The second-order valence-corrected chi connectivity index (χ2v) is 13.2. The summed E-state index contributed by atoms with van der Waals surface area (Å²) < 4.78 is 29.5. The molecule has 1 aliphatic heterocycles. The topological polar surface area (TPSA) is 68.3 Å². The summed E-state index contributed by atoms with van der Waals surface area (Å²) in [4.78, 5) is 17.2. The molecule has 0 spiro atoms. The number of ether oxygens (including phenoxy) is 1. The molecular weight excluding hydrogens is 399 g/mol. The molecule has 0 aliphatic carbocycles. The van der Waals surface area contributed by atoms with Crippen molar-refractivity contribution in [3.63, 3.8) is 0 Å². The Kier molecular flexibility index (Phi) is 9.98. The minimum atomic E-state index is -3.42. The molecule has 0 aromatic rings. The van der Waals surface area contributed by atoms with Crippen LogP contribution in [0.5, 0.6) is 0 Å². The second-order valence-electron chi connectivity index (χ2n) is 9.26. The van der Waals surface area contributed by atoms with E-state index < -0.39 is 17.8 Å². The Morgan fingerprint density at radius 3 is 2.18 bits per heavy atom. The van der Waals surface area contributed by atoms with Crippen LogP contribution in [0.2, 0.25) is 0 Å². The van der Waals surface area contributed by atoms with Gasteiger partial charge in [0.2, 0.25) is 0 Å². The summed E-state index contributed by atoms with van der Waals surface area (Å²) in [6, 6.07) is 0. The molecule has 28 heavy (non-hydrogen) atoms. The van der Waals surface area contributed by atoms with E-state index in [0.29, 0.717) is 0 Å². The van der Waals surface area contributed by atoms with Gasteiger partial charge in [-0.05, 0) is 68.5 Å². The number of esters is 1. The van der Waals surface area contributed by atoms with Crippen LogP contribution in [-0.4, -0.2) is 73.2 Å². The van der Waals surface area contributed by atoms with E-state index in [9.17, 15) is 9.36 Å². The zero-order valence-electron chi connectivity index (χ0n) is 18.8. The van der Waals surface area contributed by atoms with Crippen LogP contribution in [0.15, 0.2) is 0 Å². The minimum Gasteiger partial charge on any atom is -0.454 e. The smallest absolute Gasteiger partial charge is 0.393 e. The molecule has 0 amide bonds. The van der Waals surface area contributed by atoms with Crippen LogP contribution in [-0.2, 0) is 23.1 Å². The van der Waals surface area contributed by atoms with E-state index in [1.807, 2.05) is 34.6 Å². The van der Waals surface area contributed by atoms with E-state index in [0.717, 1.165) is 50.5 Å². The average molecular weight is 439 g/mol. The number of piperazine rings is 1. The van der Waals surface area contributed by atoms with Crippen LogP contribution in [0, 0.1) is 5.41 Å². The van der Waals surface area contributed by atoms with Gasteiger partial charge in [-0.3, -0.25) is 13.8 Å². The molecule has 1 fully saturated rings. The average Bonchev–Trinajstić information content (AvgIpc) is 2.51. The van der Waals surface area contributed by atoms with E-state index in [-0.39, 0.29) is 18.0 Å². The molecule has 166 valence electrons. The van der Waals surface area contributed by atoms with Gasteiger partial charge < -0.3 is 14.5 Å². The first-order valence-corrected chi connectivity index (χ1v) is 13.1. The highest BCUT2D eigenvalue weighted by Gasteiger charge is 2.35. The third kappa shape index (κ3) is 10.1. The predicted octanol–water partition coefficient (Wildman–Crippen LogP) is 4.23. The van der Waals surface area contributed by atoms with Crippen LogP contribution in [0.4, 0.5) is 0 Å². The first-order valence-electron chi connectivity index (χ1n) is 9.94. The van der Waals surface area contributed by atoms with Crippen molar-refractivity contribution in [3.05, 3.63) is 0 Å². The van der Waals surface area contributed by atoms with Gasteiger partial charge in [0.15, 0.2) is 0 Å². The zero-order chi connectivity index (χ0) is 21.6.